The smallest absolute Gasteiger partial charge is 0.119 e. The number of aliphatic hydroxyl groups excluding tert-OH is 2. The third-order valence-electron chi connectivity index (χ3n) is 7.25. The van der Waals surface area contributed by atoms with Gasteiger partial charge in [0, 0.05) is 18.0 Å². The van der Waals surface area contributed by atoms with Gasteiger partial charge in [-0.25, -0.2) is 0 Å². The number of aliphatic hydroxyl groups is 2. The average molecular weight is 376 g/mol. The summed E-state index contributed by atoms with van der Waals surface area (Å²) < 4.78 is 5.54. The Balaban J connectivity index is 2.00. The summed E-state index contributed by atoms with van der Waals surface area (Å²) in [5, 5.41) is 20.1. The standard InChI is InChI=1S/C23H37NO3/c1-5-19-8-9-21(27-4)12-22(19)23(13-20(26)15-25)10-11-24(14-18-6-7-18)17(3)16(23)2/h8-9,12,16-18,20,25-26H,5-7,10-11,13-15H2,1-4H3/t16-,17?,20-,23+/m0/s1. The normalized spacial score (nSPS) is 30.3. The van der Waals surface area contributed by atoms with Crippen molar-refractivity contribution in [1.29, 1.82) is 0 Å². The van der Waals surface area contributed by atoms with Crippen molar-refractivity contribution in [2.24, 2.45) is 11.8 Å². The van der Waals surface area contributed by atoms with Gasteiger partial charge in [0.05, 0.1) is 19.8 Å². The third-order valence-corrected chi connectivity index (χ3v) is 7.25. The molecule has 1 saturated carbocycles. The van der Waals surface area contributed by atoms with Crippen molar-refractivity contribution < 1.29 is 14.9 Å². The molecule has 3 rings (SSSR count). The molecule has 27 heavy (non-hydrogen) atoms. The second-order valence-corrected chi connectivity index (χ2v) is 8.79. The molecule has 0 spiro atoms. The van der Waals surface area contributed by atoms with Gasteiger partial charge in [0.1, 0.15) is 5.75 Å². The number of piperidine rings is 1. The van der Waals surface area contributed by atoms with E-state index in [2.05, 4.69) is 37.8 Å². The number of rotatable bonds is 8. The van der Waals surface area contributed by atoms with Gasteiger partial charge in [0.2, 0.25) is 0 Å². The van der Waals surface area contributed by atoms with E-state index in [0.717, 1.165) is 31.1 Å². The van der Waals surface area contributed by atoms with Crippen LogP contribution in [0.3, 0.4) is 0 Å². The number of hydrogen-bond acceptors (Lipinski definition) is 4. The summed E-state index contributed by atoms with van der Waals surface area (Å²) in [5.74, 6) is 2.15. The highest BCUT2D eigenvalue weighted by atomic mass is 16.5. The van der Waals surface area contributed by atoms with Gasteiger partial charge < -0.3 is 19.8 Å². The molecular formula is C23H37NO3. The Morgan fingerprint density at radius 1 is 1.30 bits per heavy atom. The molecule has 0 radical (unpaired) electrons. The predicted octanol–water partition coefficient (Wildman–Crippen LogP) is 3.38. The first kappa shape index (κ1) is 20.6. The van der Waals surface area contributed by atoms with Crippen molar-refractivity contribution >= 4 is 0 Å². The van der Waals surface area contributed by atoms with Crippen LogP contribution in [-0.4, -0.2) is 54.1 Å². The molecule has 2 aliphatic rings. The summed E-state index contributed by atoms with van der Waals surface area (Å²) in [4.78, 5) is 2.65. The molecule has 152 valence electrons. The zero-order valence-corrected chi connectivity index (χ0v) is 17.4. The Morgan fingerprint density at radius 3 is 2.63 bits per heavy atom. The molecule has 0 aromatic heterocycles. The van der Waals surface area contributed by atoms with E-state index in [9.17, 15) is 10.2 Å². The number of hydrogen-bond donors (Lipinski definition) is 2. The highest BCUT2D eigenvalue weighted by Gasteiger charge is 2.48. The molecule has 1 saturated heterocycles. The maximum Gasteiger partial charge on any atom is 0.119 e. The molecule has 2 N–H and O–H groups in total. The van der Waals surface area contributed by atoms with E-state index >= 15 is 0 Å². The molecule has 1 unspecified atom stereocenters. The van der Waals surface area contributed by atoms with Crippen LogP contribution in [0.4, 0.5) is 0 Å². The Hall–Kier alpha value is -1.10. The van der Waals surface area contributed by atoms with Crippen molar-refractivity contribution in [3.05, 3.63) is 29.3 Å². The first-order valence-electron chi connectivity index (χ1n) is 10.7. The Labute approximate surface area is 164 Å². The zero-order valence-electron chi connectivity index (χ0n) is 17.4. The van der Waals surface area contributed by atoms with Gasteiger partial charge in [0.25, 0.3) is 0 Å². The van der Waals surface area contributed by atoms with E-state index in [-0.39, 0.29) is 12.0 Å². The quantitative estimate of drug-likeness (QED) is 0.731. The largest absolute Gasteiger partial charge is 0.497 e. The van der Waals surface area contributed by atoms with Gasteiger partial charge >= 0.3 is 0 Å². The molecule has 1 heterocycles. The van der Waals surface area contributed by atoms with Crippen LogP contribution in [-0.2, 0) is 11.8 Å². The van der Waals surface area contributed by atoms with Gasteiger partial charge in [-0.15, -0.1) is 0 Å². The lowest BCUT2D eigenvalue weighted by atomic mass is 9.60. The summed E-state index contributed by atoms with van der Waals surface area (Å²) in [6.45, 7) is 8.96. The summed E-state index contributed by atoms with van der Waals surface area (Å²) >= 11 is 0. The minimum absolute atomic E-state index is 0.137. The van der Waals surface area contributed by atoms with Crippen LogP contribution in [0.15, 0.2) is 18.2 Å². The SMILES string of the molecule is CCc1ccc(OC)cc1[C@@]1(C[C@H](O)CO)CCN(CC2CC2)C(C)[C@@H]1C. The van der Waals surface area contributed by atoms with Crippen LogP contribution in [0.1, 0.15) is 57.6 Å². The molecule has 0 bridgehead atoms. The predicted molar refractivity (Wildman–Crippen MR) is 109 cm³/mol. The van der Waals surface area contributed by atoms with Gasteiger partial charge in [0.15, 0.2) is 0 Å². The van der Waals surface area contributed by atoms with Crippen LogP contribution < -0.4 is 4.74 Å². The first-order chi connectivity index (χ1) is 12.9. The maximum atomic E-state index is 10.5. The zero-order chi connectivity index (χ0) is 19.6. The van der Waals surface area contributed by atoms with Crippen LogP contribution in [0.25, 0.3) is 0 Å². The number of methoxy groups -OCH3 is 1. The lowest BCUT2D eigenvalue weighted by Gasteiger charge is -2.52. The fraction of sp³-hybridized carbons (Fsp3) is 0.739. The van der Waals surface area contributed by atoms with Crippen molar-refractivity contribution in [3.63, 3.8) is 0 Å². The Bertz CT molecular complexity index is 630. The highest BCUT2D eigenvalue weighted by Crippen LogP contribution is 2.48. The number of nitrogens with zero attached hydrogens (tertiary/aromatic N) is 1. The highest BCUT2D eigenvalue weighted by molar-refractivity contribution is 5.42. The number of likely N-dealkylation sites (tertiary alicyclic amines) is 1. The van der Waals surface area contributed by atoms with Crippen LogP contribution in [0.5, 0.6) is 5.75 Å². The van der Waals surface area contributed by atoms with Gasteiger partial charge in [-0.3, -0.25) is 0 Å². The van der Waals surface area contributed by atoms with Crippen molar-refractivity contribution in [2.45, 2.75) is 70.4 Å². The molecule has 2 fully saturated rings. The number of benzene rings is 1. The fourth-order valence-corrected chi connectivity index (χ4v) is 5.16. The molecule has 1 aliphatic heterocycles. The van der Waals surface area contributed by atoms with Crippen LogP contribution >= 0.6 is 0 Å². The molecule has 0 amide bonds. The monoisotopic (exact) mass is 375 g/mol. The van der Waals surface area contributed by atoms with E-state index in [1.165, 1.54) is 30.5 Å². The van der Waals surface area contributed by atoms with Gasteiger partial charge in [-0.1, -0.05) is 19.9 Å². The van der Waals surface area contributed by atoms with Gasteiger partial charge in [-0.2, -0.15) is 0 Å². The summed E-state index contributed by atoms with van der Waals surface area (Å²) in [6.07, 6.45) is 4.65. The molecular weight excluding hydrogens is 338 g/mol. The minimum atomic E-state index is -0.689. The molecule has 1 aliphatic carbocycles. The number of aryl methyl sites for hydroxylation is 1. The second-order valence-electron chi connectivity index (χ2n) is 8.79. The fourth-order valence-electron chi connectivity index (χ4n) is 5.16. The Morgan fingerprint density at radius 2 is 2.04 bits per heavy atom. The molecule has 4 atom stereocenters. The molecule has 4 nitrogen and oxygen atoms in total. The van der Waals surface area contributed by atoms with E-state index in [1.54, 1.807) is 7.11 Å². The van der Waals surface area contributed by atoms with Gasteiger partial charge in [-0.05, 0) is 80.7 Å². The van der Waals surface area contributed by atoms with Crippen molar-refractivity contribution in [3.8, 4) is 5.75 Å². The van der Waals surface area contributed by atoms with Crippen molar-refractivity contribution in [2.75, 3.05) is 26.8 Å². The topological polar surface area (TPSA) is 52.9 Å². The molecule has 1 aromatic rings. The lowest BCUT2D eigenvalue weighted by Crippen LogP contribution is -2.56. The summed E-state index contributed by atoms with van der Waals surface area (Å²) in [7, 11) is 1.71. The minimum Gasteiger partial charge on any atom is -0.497 e. The summed E-state index contributed by atoms with van der Waals surface area (Å²) in [6, 6.07) is 6.85. The first-order valence-corrected chi connectivity index (χ1v) is 10.7. The van der Waals surface area contributed by atoms with E-state index in [0.29, 0.717) is 18.4 Å². The Kier molecular flexibility index (Phi) is 6.50. The van der Waals surface area contributed by atoms with Crippen molar-refractivity contribution in [1.82, 2.24) is 4.90 Å². The average Bonchev–Trinajstić information content (AvgIpc) is 3.51. The molecule has 4 heteroatoms. The molecule has 1 aromatic carbocycles. The lowest BCUT2D eigenvalue weighted by molar-refractivity contribution is -0.00355. The van der Waals surface area contributed by atoms with E-state index in [4.69, 9.17) is 4.74 Å². The van der Waals surface area contributed by atoms with Crippen LogP contribution in [0, 0.1) is 11.8 Å². The van der Waals surface area contributed by atoms with E-state index < -0.39 is 6.10 Å². The summed E-state index contributed by atoms with van der Waals surface area (Å²) in [5.41, 5.74) is 2.50. The third kappa shape index (κ3) is 4.18. The van der Waals surface area contributed by atoms with Crippen LogP contribution in [0.2, 0.25) is 0 Å². The van der Waals surface area contributed by atoms with E-state index in [1.807, 2.05) is 6.07 Å². The maximum absolute atomic E-state index is 10.5. The second kappa shape index (κ2) is 8.50. The number of ether oxygens (including phenoxy) is 1.